The van der Waals surface area contributed by atoms with Gasteiger partial charge in [0.2, 0.25) is 0 Å². The monoisotopic (exact) mass is 241 g/mol. The minimum atomic E-state index is -1.000. The summed E-state index contributed by atoms with van der Waals surface area (Å²) in [5.74, 6) is -0.301. The molecule has 1 rings (SSSR count). The van der Waals surface area contributed by atoms with Gasteiger partial charge in [0, 0.05) is 23.6 Å². The van der Waals surface area contributed by atoms with Gasteiger partial charge in [-0.15, -0.1) is 0 Å². The number of Topliss-reactive ketones (excluding diaryl/α,β-unsaturated/α-hetero) is 1. The predicted octanol–water partition coefficient (Wildman–Crippen LogP) is 2.31. The van der Waals surface area contributed by atoms with E-state index < -0.39 is 5.97 Å². The van der Waals surface area contributed by atoms with Crippen LogP contribution in [0.25, 0.3) is 0 Å². The van der Waals surface area contributed by atoms with Crippen LogP contribution in [0.2, 0.25) is 0 Å². The first-order chi connectivity index (χ1) is 7.47. The van der Waals surface area contributed by atoms with E-state index in [1.165, 1.54) is 13.0 Å². The topological polar surface area (TPSA) is 59.3 Å². The van der Waals surface area contributed by atoms with E-state index in [0.717, 1.165) is 5.75 Å². The Morgan fingerprint density at radius 1 is 1.56 bits per heavy atom. The molecule has 4 nitrogen and oxygen atoms in total. The maximum absolute atomic E-state index is 11.2. The lowest BCUT2D eigenvalue weighted by molar-refractivity contribution is 0.0683. The Morgan fingerprint density at radius 2 is 2.19 bits per heavy atom. The van der Waals surface area contributed by atoms with E-state index in [9.17, 15) is 9.59 Å². The normalized spacial score (nSPS) is 12.4. The molecule has 1 N–H and O–H groups in total. The molecule has 0 aliphatic rings. The molecular weight excluding hydrogens is 226 g/mol. The standard InChI is InChI=1S/C11H15NO3S/c1-7(6-16-3)12-5-9(8(2)13)4-10(12)11(14)15/h4-5,7H,6H2,1-3H3,(H,14,15). The van der Waals surface area contributed by atoms with E-state index >= 15 is 0 Å². The molecule has 16 heavy (non-hydrogen) atoms. The highest BCUT2D eigenvalue weighted by atomic mass is 32.2. The Bertz CT molecular complexity index is 411. The van der Waals surface area contributed by atoms with Crippen molar-refractivity contribution in [2.45, 2.75) is 19.9 Å². The van der Waals surface area contributed by atoms with Gasteiger partial charge in [0.25, 0.3) is 0 Å². The Kier molecular flexibility index (Phi) is 4.18. The maximum Gasteiger partial charge on any atom is 0.352 e. The number of carboxylic acid groups (broad SMARTS) is 1. The molecule has 0 aromatic carbocycles. The zero-order chi connectivity index (χ0) is 12.3. The van der Waals surface area contributed by atoms with Crippen LogP contribution in [0.4, 0.5) is 0 Å². The number of ketones is 1. The number of carboxylic acids is 1. The summed E-state index contributed by atoms with van der Waals surface area (Å²) in [6.07, 6.45) is 3.58. The van der Waals surface area contributed by atoms with Crippen molar-refractivity contribution in [1.82, 2.24) is 4.57 Å². The van der Waals surface area contributed by atoms with Crippen LogP contribution in [0.5, 0.6) is 0 Å². The zero-order valence-corrected chi connectivity index (χ0v) is 10.4. The third kappa shape index (κ3) is 2.66. The molecule has 0 fully saturated rings. The fourth-order valence-corrected chi connectivity index (χ4v) is 2.17. The number of carbonyl (C=O) groups excluding carboxylic acids is 1. The van der Waals surface area contributed by atoms with Gasteiger partial charge in [-0.25, -0.2) is 4.79 Å². The second-order valence-corrected chi connectivity index (χ2v) is 4.60. The Morgan fingerprint density at radius 3 is 2.62 bits per heavy atom. The summed E-state index contributed by atoms with van der Waals surface area (Å²) in [5.41, 5.74) is 0.622. The molecule has 0 bridgehead atoms. The third-order valence-electron chi connectivity index (χ3n) is 2.36. The van der Waals surface area contributed by atoms with Crippen molar-refractivity contribution in [3.05, 3.63) is 23.5 Å². The number of aromatic carboxylic acids is 1. The number of carbonyl (C=O) groups is 2. The largest absolute Gasteiger partial charge is 0.477 e. The molecule has 1 heterocycles. The summed E-state index contributed by atoms with van der Waals surface area (Å²) in [6, 6.07) is 1.50. The minimum absolute atomic E-state index is 0.0641. The maximum atomic E-state index is 11.2. The second-order valence-electron chi connectivity index (χ2n) is 3.69. The van der Waals surface area contributed by atoms with Gasteiger partial charge in [-0.05, 0) is 26.2 Å². The number of thioether (sulfide) groups is 1. The molecule has 5 heteroatoms. The average Bonchev–Trinajstić information content (AvgIpc) is 2.62. The lowest BCUT2D eigenvalue weighted by Gasteiger charge is -2.14. The van der Waals surface area contributed by atoms with Crippen molar-refractivity contribution >= 4 is 23.5 Å². The highest BCUT2D eigenvalue weighted by Crippen LogP contribution is 2.18. The van der Waals surface area contributed by atoms with Gasteiger partial charge in [-0.2, -0.15) is 11.8 Å². The van der Waals surface area contributed by atoms with E-state index in [4.69, 9.17) is 5.11 Å². The number of hydrogen-bond acceptors (Lipinski definition) is 3. The third-order valence-corrected chi connectivity index (χ3v) is 3.17. The highest BCUT2D eigenvalue weighted by molar-refractivity contribution is 7.98. The lowest BCUT2D eigenvalue weighted by Crippen LogP contribution is -2.13. The van der Waals surface area contributed by atoms with E-state index in [2.05, 4.69) is 0 Å². The van der Waals surface area contributed by atoms with Crippen LogP contribution >= 0.6 is 11.8 Å². The lowest BCUT2D eigenvalue weighted by atomic mass is 10.2. The summed E-state index contributed by atoms with van der Waals surface area (Å²) in [6.45, 7) is 3.37. The van der Waals surface area contributed by atoms with Gasteiger partial charge >= 0.3 is 5.97 Å². The van der Waals surface area contributed by atoms with Gasteiger partial charge in [-0.3, -0.25) is 4.79 Å². The first-order valence-electron chi connectivity index (χ1n) is 4.92. The van der Waals surface area contributed by atoms with Gasteiger partial charge in [0.1, 0.15) is 5.69 Å². The van der Waals surface area contributed by atoms with Crippen LogP contribution in [0, 0.1) is 0 Å². The number of rotatable bonds is 5. The smallest absolute Gasteiger partial charge is 0.352 e. The summed E-state index contributed by atoms with van der Waals surface area (Å²) < 4.78 is 1.65. The molecule has 1 atom stereocenters. The number of aromatic nitrogens is 1. The molecule has 0 saturated heterocycles. The second kappa shape index (κ2) is 5.21. The van der Waals surface area contributed by atoms with Crippen molar-refractivity contribution in [2.75, 3.05) is 12.0 Å². The first-order valence-corrected chi connectivity index (χ1v) is 6.31. The van der Waals surface area contributed by atoms with Gasteiger partial charge in [0.05, 0.1) is 0 Å². The van der Waals surface area contributed by atoms with Crippen molar-refractivity contribution < 1.29 is 14.7 Å². The Balaban J connectivity index is 3.14. The van der Waals surface area contributed by atoms with Crippen LogP contribution in [-0.4, -0.2) is 33.4 Å². The molecule has 0 aliphatic heterocycles. The number of nitrogens with zero attached hydrogens (tertiary/aromatic N) is 1. The average molecular weight is 241 g/mol. The highest BCUT2D eigenvalue weighted by Gasteiger charge is 2.17. The molecule has 1 unspecified atom stereocenters. The first kappa shape index (κ1) is 12.8. The predicted molar refractivity (Wildman–Crippen MR) is 64.5 cm³/mol. The molecule has 0 aliphatic carbocycles. The van der Waals surface area contributed by atoms with Crippen LogP contribution in [0.15, 0.2) is 12.3 Å². The van der Waals surface area contributed by atoms with Crippen LogP contribution in [-0.2, 0) is 0 Å². The molecule has 0 saturated carbocycles. The van der Waals surface area contributed by atoms with Crippen molar-refractivity contribution in [1.29, 1.82) is 0 Å². The van der Waals surface area contributed by atoms with E-state index in [-0.39, 0.29) is 17.5 Å². The SMILES string of the molecule is CSCC(C)n1cc(C(C)=O)cc1C(=O)O. The fourth-order valence-electron chi connectivity index (χ4n) is 1.53. The molecule has 88 valence electrons. The van der Waals surface area contributed by atoms with Crippen molar-refractivity contribution in [3.63, 3.8) is 0 Å². The van der Waals surface area contributed by atoms with Crippen LogP contribution in [0.1, 0.15) is 40.7 Å². The molecular formula is C11H15NO3S. The van der Waals surface area contributed by atoms with E-state index in [0.29, 0.717) is 5.56 Å². The summed E-state index contributed by atoms with van der Waals surface area (Å²) in [7, 11) is 0. The number of hydrogen-bond donors (Lipinski definition) is 1. The van der Waals surface area contributed by atoms with Gasteiger partial charge in [0.15, 0.2) is 5.78 Å². The Hall–Kier alpha value is -1.23. The molecule has 1 aromatic heterocycles. The van der Waals surface area contributed by atoms with E-state index in [1.807, 2.05) is 13.2 Å². The van der Waals surface area contributed by atoms with Crippen LogP contribution < -0.4 is 0 Å². The zero-order valence-electron chi connectivity index (χ0n) is 9.56. The van der Waals surface area contributed by atoms with Crippen LogP contribution in [0.3, 0.4) is 0 Å². The summed E-state index contributed by atoms with van der Waals surface area (Å²) >= 11 is 1.64. The Labute approximate surface area is 98.6 Å². The summed E-state index contributed by atoms with van der Waals surface area (Å²) in [4.78, 5) is 22.2. The summed E-state index contributed by atoms with van der Waals surface area (Å²) in [5, 5.41) is 9.04. The quantitative estimate of drug-likeness (QED) is 0.804. The van der Waals surface area contributed by atoms with Crippen molar-refractivity contribution in [2.24, 2.45) is 0 Å². The van der Waals surface area contributed by atoms with E-state index in [1.54, 1.807) is 22.5 Å². The van der Waals surface area contributed by atoms with Gasteiger partial charge < -0.3 is 9.67 Å². The van der Waals surface area contributed by atoms with Crippen molar-refractivity contribution in [3.8, 4) is 0 Å². The fraction of sp³-hybridized carbons (Fsp3) is 0.455. The molecule has 1 aromatic rings. The molecule has 0 spiro atoms. The molecule has 0 radical (unpaired) electrons. The molecule has 0 amide bonds. The van der Waals surface area contributed by atoms with Gasteiger partial charge in [-0.1, -0.05) is 0 Å². The minimum Gasteiger partial charge on any atom is -0.477 e.